The Morgan fingerprint density at radius 3 is 2.09 bits per heavy atom. The summed E-state index contributed by atoms with van der Waals surface area (Å²) in [5.41, 5.74) is 2.58. The molecule has 0 heterocycles. The fourth-order valence-electron chi connectivity index (χ4n) is 2.48. The average molecular weight is 314 g/mol. The fourth-order valence-corrected chi connectivity index (χ4v) is 2.48. The first-order valence-corrected chi connectivity index (χ1v) is 7.53. The van der Waals surface area contributed by atoms with Crippen molar-refractivity contribution in [2.45, 2.75) is 19.8 Å². The highest BCUT2D eigenvalue weighted by atomic mass is 16.5. The summed E-state index contributed by atoms with van der Waals surface area (Å²) in [5.74, 6) is 2.22. The van der Waals surface area contributed by atoms with Gasteiger partial charge < -0.3 is 14.2 Å². The molecule has 0 amide bonds. The van der Waals surface area contributed by atoms with Crippen LogP contribution in [0.15, 0.2) is 36.4 Å². The third-order valence-corrected chi connectivity index (χ3v) is 3.76. The molecule has 122 valence electrons. The molecule has 0 saturated heterocycles. The Kier molecular flexibility index (Phi) is 5.63. The van der Waals surface area contributed by atoms with Gasteiger partial charge in [-0.25, -0.2) is 0 Å². The minimum atomic E-state index is 0.0534. The summed E-state index contributed by atoms with van der Waals surface area (Å²) < 4.78 is 15.8. The Hall–Kier alpha value is -2.49. The molecule has 0 aliphatic rings. The molecule has 0 aromatic heterocycles. The van der Waals surface area contributed by atoms with Gasteiger partial charge in [0, 0.05) is 18.1 Å². The first kappa shape index (κ1) is 16.9. The van der Waals surface area contributed by atoms with Crippen molar-refractivity contribution in [1.29, 1.82) is 0 Å². The number of carbonyl (C=O) groups excluding carboxylic acids is 1. The number of rotatable bonds is 7. The van der Waals surface area contributed by atoms with Crippen molar-refractivity contribution < 1.29 is 19.0 Å². The van der Waals surface area contributed by atoms with Gasteiger partial charge in [0.15, 0.2) is 5.78 Å². The number of ether oxygens (including phenoxy) is 3. The van der Waals surface area contributed by atoms with Gasteiger partial charge >= 0.3 is 0 Å². The largest absolute Gasteiger partial charge is 0.497 e. The second kappa shape index (κ2) is 7.68. The minimum Gasteiger partial charge on any atom is -0.497 e. The number of methoxy groups -OCH3 is 3. The van der Waals surface area contributed by atoms with Crippen LogP contribution < -0.4 is 14.2 Å². The van der Waals surface area contributed by atoms with Crippen molar-refractivity contribution >= 4 is 5.78 Å². The van der Waals surface area contributed by atoms with Crippen LogP contribution in [0.2, 0.25) is 0 Å². The van der Waals surface area contributed by atoms with E-state index in [-0.39, 0.29) is 5.78 Å². The third-order valence-electron chi connectivity index (χ3n) is 3.76. The van der Waals surface area contributed by atoms with Gasteiger partial charge in [0.05, 0.1) is 21.3 Å². The van der Waals surface area contributed by atoms with Gasteiger partial charge in [-0.1, -0.05) is 6.92 Å². The Bertz CT molecular complexity index is 670. The van der Waals surface area contributed by atoms with E-state index in [1.807, 2.05) is 31.2 Å². The van der Waals surface area contributed by atoms with Crippen molar-refractivity contribution in [1.82, 2.24) is 0 Å². The number of carbonyl (C=O) groups is 1. The maximum atomic E-state index is 12.6. The van der Waals surface area contributed by atoms with Crippen molar-refractivity contribution in [2.75, 3.05) is 21.3 Å². The van der Waals surface area contributed by atoms with Crippen LogP contribution in [0.5, 0.6) is 17.2 Å². The maximum absolute atomic E-state index is 12.6. The number of ketones is 1. The fraction of sp³-hybridized carbons (Fsp3) is 0.316. The van der Waals surface area contributed by atoms with E-state index in [1.165, 1.54) is 0 Å². The molecule has 0 atom stereocenters. The molecule has 2 rings (SSSR count). The van der Waals surface area contributed by atoms with Crippen LogP contribution in [0.4, 0.5) is 0 Å². The Balaban J connectivity index is 2.25. The average Bonchev–Trinajstić information content (AvgIpc) is 2.60. The molecule has 0 N–H and O–H groups in total. The zero-order valence-corrected chi connectivity index (χ0v) is 14.0. The second-order valence-electron chi connectivity index (χ2n) is 5.20. The quantitative estimate of drug-likeness (QED) is 0.731. The lowest BCUT2D eigenvalue weighted by molar-refractivity contribution is 0.0993. The predicted octanol–water partition coefficient (Wildman–Crippen LogP) is 3.70. The second-order valence-corrected chi connectivity index (χ2v) is 5.20. The highest BCUT2D eigenvalue weighted by Crippen LogP contribution is 2.25. The summed E-state index contributed by atoms with van der Waals surface area (Å²) in [5, 5.41) is 0. The normalized spacial score (nSPS) is 10.3. The van der Waals surface area contributed by atoms with E-state index in [1.54, 1.807) is 33.5 Å². The molecule has 0 radical (unpaired) electrons. The van der Waals surface area contributed by atoms with Crippen LogP contribution in [0, 0.1) is 0 Å². The van der Waals surface area contributed by atoms with Crippen LogP contribution in [0.25, 0.3) is 0 Å². The van der Waals surface area contributed by atoms with Crippen molar-refractivity contribution in [3.8, 4) is 17.2 Å². The van der Waals surface area contributed by atoms with Gasteiger partial charge in [0.2, 0.25) is 0 Å². The summed E-state index contributed by atoms with van der Waals surface area (Å²) in [6.07, 6.45) is 1.11. The lowest BCUT2D eigenvalue weighted by atomic mass is 9.99. The van der Waals surface area contributed by atoms with Gasteiger partial charge in [-0.2, -0.15) is 0 Å². The SMILES string of the molecule is CCc1cc(C(=O)Cc2cc(OC)cc(OC)c2)ccc1OC. The first-order valence-electron chi connectivity index (χ1n) is 7.53. The Morgan fingerprint density at radius 2 is 1.57 bits per heavy atom. The number of Topliss-reactive ketones (excluding diaryl/α,β-unsaturated/α-hetero) is 1. The van der Waals surface area contributed by atoms with Crippen LogP contribution in [0.1, 0.15) is 28.4 Å². The molecule has 4 heteroatoms. The lowest BCUT2D eigenvalue weighted by Gasteiger charge is -2.10. The first-order chi connectivity index (χ1) is 11.1. The molecular formula is C19H22O4. The van der Waals surface area contributed by atoms with Crippen LogP contribution >= 0.6 is 0 Å². The van der Waals surface area contributed by atoms with E-state index in [0.29, 0.717) is 23.5 Å². The zero-order valence-electron chi connectivity index (χ0n) is 14.0. The molecule has 0 bridgehead atoms. The molecule has 0 fully saturated rings. The topological polar surface area (TPSA) is 44.8 Å². The molecular weight excluding hydrogens is 292 g/mol. The third kappa shape index (κ3) is 4.03. The summed E-state index contributed by atoms with van der Waals surface area (Å²) in [4.78, 5) is 12.6. The van der Waals surface area contributed by atoms with Crippen LogP contribution in [-0.4, -0.2) is 27.1 Å². The van der Waals surface area contributed by atoms with Gasteiger partial charge in [-0.05, 0) is 47.9 Å². The van der Waals surface area contributed by atoms with Crippen LogP contribution in [-0.2, 0) is 12.8 Å². The summed E-state index contributed by atoms with van der Waals surface area (Å²) in [7, 11) is 4.83. The summed E-state index contributed by atoms with van der Waals surface area (Å²) in [6, 6.07) is 11.0. The minimum absolute atomic E-state index is 0.0534. The van der Waals surface area contributed by atoms with Crippen molar-refractivity contribution in [3.05, 3.63) is 53.1 Å². The molecule has 0 saturated carbocycles. The maximum Gasteiger partial charge on any atom is 0.167 e. The number of benzene rings is 2. The van der Waals surface area contributed by atoms with Gasteiger partial charge in [-0.3, -0.25) is 4.79 Å². The summed E-state index contributed by atoms with van der Waals surface area (Å²) >= 11 is 0. The van der Waals surface area contributed by atoms with E-state index in [2.05, 4.69) is 0 Å². The monoisotopic (exact) mass is 314 g/mol. The number of hydrogen-bond donors (Lipinski definition) is 0. The van der Waals surface area contributed by atoms with E-state index < -0.39 is 0 Å². The highest BCUT2D eigenvalue weighted by molar-refractivity contribution is 5.98. The zero-order chi connectivity index (χ0) is 16.8. The lowest BCUT2D eigenvalue weighted by Crippen LogP contribution is -2.05. The van der Waals surface area contributed by atoms with E-state index in [4.69, 9.17) is 14.2 Å². The molecule has 23 heavy (non-hydrogen) atoms. The predicted molar refractivity (Wildman–Crippen MR) is 90.0 cm³/mol. The highest BCUT2D eigenvalue weighted by Gasteiger charge is 2.12. The molecule has 2 aromatic carbocycles. The molecule has 4 nitrogen and oxygen atoms in total. The van der Waals surface area contributed by atoms with Crippen molar-refractivity contribution in [3.63, 3.8) is 0 Å². The Morgan fingerprint density at radius 1 is 0.913 bits per heavy atom. The molecule has 0 aliphatic heterocycles. The van der Waals surface area contributed by atoms with E-state index in [9.17, 15) is 4.79 Å². The number of aryl methyl sites for hydroxylation is 1. The molecule has 0 unspecified atom stereocenters. The number of hydrogen-bond acceptors (Lipinski definition) is 4. The van der Waals surface area contributed by atoms with Crippen molar-refractivity contribution in [2.24, 2.45) is 0 Å². The molecule has 0 aliphatic carbocycles. The van der Waals surface area contributed by atoms with Gasteiger partial charge in [0.1, 0.15) is 17.2 Å². The summed E-state index contributed by atoms with van der Waals surface area (Å²) in [6.45, 7) is 2.04. The van der Waals surface area contributed by atoms with E-state index >= 15 is 0 Å². The molecule has 2 aromatic rings. The van der Waals surface area contributed by atoms with E-state index in [0.717, 1.165) is 23.3 Å². The standard InChI is InChI=1S/C19H22O4/c1-5-14-11-15(6-7-19(14)23-4)18(20)10-13-8-16(21-2)12-17(9-13)22-3/h6-9,11-12H,5,10H2,1-4H3. The Labute approximate surface area is 137 Å². The smallest absolute Gasteiger partial charge is 0.167 e. The molecule has 0 spiro atoms. The van der Waals surface area contributed by atoms with Gasteiger partial charge in [0.25, 0.3) is 0 Å². The van der Waals surface area contributed by atoms with Crippen LogP contribution in [0.3, 0.4) is 0 Å². The van der Waals surface area contributed by atoms with Gasteiger partial charge in [-0.15, -0.1) is 0 Å².